The van der Waals surface area contributed by atoms with Crippen molar-refractivity contribution in [2.75, 3.05) is 18.8 Å². The highest BCUT2D eigenvalue weighted by atomic mass is 35.5. The van der Waals surface area contributed by atoms with E-state index in [0.717, 1.165) is 5.56 Å². The van der Waals surface area contributed by atoms with E-state index in [1.807, 2.05) is 0 Å². The second-order valence-electron chi connectivity index (χ2n) is 4.85. The molecule has 1 aliphatic heterocycles. The minimum atomic E-state index is -3.50. The van der Waals surface area contributed by atoms with Crippen LogP contribution in [0.3, 0.4) is 0 Å². The van der Waals surface area contributed by atoms with Gasteiger partial charge in [-0.05, 0) is 18.1 Å². The van der Waals surface area contributed by atoms with Crippen LogP contribution in [0.5, 0.6) is 0 Å². The molecule has 1 unspecified atom stereocenters. The minimum absolute atomic E-state index is 0.0172. The standard InChI is InChI=1S/C14H16ClNO4S/c15-13-6-2-1-4-11(13)7-9-21(19,20)16-8-3-5-12(10-16)14(17)18/h1-6,12H,7-10H2,(H,17,18). The van der Waals surface area contributed by atoms with Crippen molar-refractivity contribution in [2.45, 2.75) is 6.42 Å². The van der Waals surface area contributed by atoms with E-state index in [0.29, 0.717) is 11.4 Å². The first-order valence-electron chi connectivity index (χ1n) is 6.51. The SMILES string of the molecule is O=C(O)C1C=CCN(S(=O)(=O)CCc2ccccc2Cl)C1. The lowest BCUT2D eigenvalue weighted by molar-refractivity contribution is -0.140. The molecule has 5 nitrogen and oxygen atoms in total. The molecule has 1 heterocycles. The van der Waals surface area contributed by atoms with Crippen LogP contribution in [0.25, 0.3) is 0 Å². The summed E-state index contributed by atoms with van der Waals surface area (Å²) >= 11 is 6.01. The Morgan fingerprint density at radius 1 is 1.38 bits per heavy atom. The van der Waals surface area contributed by atoms with Crippen LogP contribution in [0.1, 0.15) is 5.56 Å². The Kier molecular flexibility index (Phi) is 5.03. The largest absolute Gasteiger partial charge is 0.481 e. The fourth-order valence-corrected chi connectivity index (χ4v) is 3.82. The van der Waals surface area contributed by atoms with Crippen molar-refractivity contribution in [3.8, 4) is 0 Å². The predicted octanol–water partition coefficient (Wildman–Crippen LogP) is 1.78. The molecule has 1 aromatic rings. The molecule has 21 heavy (non-hydrogen) atoms. The molecule has 1 atom stereocenters. The van der Waals surface area contributed by atoms with Gasteiger partial charge in [-0.25, -0.2) is 8.42 Å². The molecule has 1 aromatic carbocycles. The molecule has 0 fully saturated rings. The Hall–Kier alpha value is -1.37. The average Bonchev–Trinajstić information content (AvgIpc) is 2.46. The minimum Gasteiger partial charge on any atom is -0.481 e. The Morgan fingerprint density at radius 3 is 2.76 bits per heavy atom. The van der Waals surface area contributed by atoms with E-state index >= 15 is 0 Å². The van der Waals surface area contributed by atoms with Gasteiger partial charge < -0.3 is 5.11 Å². The van der Waals surface area contributed by atoms with Crippen LogP contribution >= 0.6 is 11.6 Å². The monoisotopic (exact) mass is 329 g/mol. The summed E-state index contributed by atoms with van der Waals surface area (Å²) < 4.78 is 25.8. The van der Waals surface area contributed by atoms with E-state index in [9.17, 15) is 13.2 Å². The molecule has 0 bridgehead atoms. The van der Waals surface area contributed by atoms with Gasteiger partial charge in [0.15, 0.2) is 0 Å². The van der Waals surface area contributed by atoms with Crippen molar-refractivity contribution in [3.63, 3.8) is 0 Å². The Morgan fingerprint density at radius 2 is 2.10 bits per heavy atom. The highest BCUT2D eigenvalue weighted by molar-refractivity contribution is 7.89. The smallest absolute Gasteiger partial charge is 0.311 e. The van der Waals surface area contributed by atoms with Crippen LogP contribution in [0.2, 0.25) is 5.02 Å². The van der Waals surface area contributed by atoms with E-state index in [1.54, 1.807) is 30.3 Å². The second kappa shape index (κ2) is 6.60. The Bertz CT molecular complexity index is 657. The van der Waals surface area contributed by atoms with Crippen molar-refractivity contribution in [2.24, 2.45) is 5.92 Å². The lowest BCUT2D eigenvalue weighted by atomic mass is 10.1. The summed E-state index contributed by atoms with van der Waals surface area (Å²) in [6, 6.07) is 7.09. The van der Waals surface area contributed by atoms with E-state index in [4.69, 9.17) is 16.7 Å². The van der Waals surface area contributed by atoms with Crippen LogP contribution in [0.15, 0.2) is 36.4 Å². The lowest BCUT2D eigenvalue weighted by Gasteiger charge is -2.26. The predicted molar refractivity (Wildman–Crippen MR) is 80.8 cm³/mol. The first-order valence-corrected chi connectivity index (χ1v) is 8.49. The van der Waals surface area contributed by atoms with Gasteiger partial charge in [-0.3, -0.25) is 4.79 Å². The summed E-state index contributed by atoms with van der Waals surface area (Å²) in [5.74, 6) is -1.89. The van der Waals surface area contributed by atoms with Gasteiger partial charge in [0, 0.05) is 18.1 Å². The average molecular weight is 330 g/mol. The highest BCUT2D eigenvalue weighted by Gasteiger charge is 2.29. The first kappa shape index (κ1) is 16.0. The zero-order valence-corrected chi connectivity index (χ0v) is 12.8. The molecule has 7 heteroatoms. The number of aryl methyl sites for hydroxylation is 1. The van der Waals surface area contributed by atoms with Gasteiger partial charge in [-0.2, -0.15) is 4.31 Å². The summed E-state index contributed by atoms with van der Waals surface area (Å²) in [7, 11) is -3.50. The maximum absolute atomic E-state index is 12.3. The van der Waals surface area contributed by atoms with Crippen LogP contribution in [-0.4, -0.2) is 42.6 Å². The van der Waals surface area contributed by atoms with Gasteiger partial charge >= 0.3 is 5.97 Å². The van der Waals surface area contributed by atoms with Crippen molar-refractivity contribution in [1.29, 1.82) is 0 Å². The number of carboxylic acids is 1. The third-order valence-electron chi connectivity index (χ3n) is 3.38. The van der Waals surface area contributed by atoms with E-state index in [1.165, 1.54) is 10.4 Å². The molecular weight excluding hydrogens is 314 g/mol. The molecule has 0 saturated carbocycles. The molecule has 0 amide bonds. The van der Waals surface area contributed by atoms with Crippen molar-refractivity contribution < 1.29 is 18.3 Å². The molecule has 1 aliphatic rings. The molecule has 0 radical (unpaired) electrons. The van der Waals surface area contributed by atoms with Gasteiger partial charge in [-0.1, -0.05) is 42.0 Å². The Balaban J connectivity index is 2.04. The van der Waals surface area contributed by atoms with Gasteiger partial charge in [0.25, 0.3) is 0 Å². The number of carbonyl (C=O) groups is 1. The van der Waals surface area contributed by atoms with Gasteiger partial charge in [-0.15, -0.1) is 0 Å². The van der Waals surface area contributed by atoms with Crippen molar-refractivity contribution in [3.05, 3.63) is 47.0 Å². The topological polar surface area (TPSA) is 74.7 Å². The van der Waals surface area contributed by atoms with Crippen LogP contribution in [0, 0.1) is 5.92 Å². The zero-order valence-electron chi connectivity index (χ0n) is 11.3. The molecule has 114 valence electrons. The molecule has 0 aliphatic carbocycles. The number of nitrogens with zero attached hydrogens (tertiary/aromatic N) is 1. The van der Waals surface area contributed by atoms with Gasteiger partial charge in [0.2, 0.25) is 10.0 Å². The maximum Gasteiger partial charge on any atom is 0.311 e. The molecule has 0 saturated heterocycles. The normalized spacial score (nSPS) is 19.6. The number of hydrogen-bond acceptors (Lipinski definition) is 3. The lowest BCUT2D eigenvalue weighted by Crippen LogP contribution is -2.41. The zero-order chi connectivity index (χ0) is 15.5. The molecule has 2 rings (SSSR count). The second-order valence-corrected chi connectivity index (χ2v) is 7.34. The maximum atomic E-state index is 12.3. The van der Waals surface area contributed by atoms with E-state index < -0.39 is 21.9 Å². The van der Waals surface area contributed by atoms with Crippen LogP contribution in [-0.2, 0) is 21.2 Å². The summed E-state index contributed by atoms with van der Waals surface area (Å²) in [5, 5.41) is 9.51. The number of hydrogen-bond donors (Lipinski definition) is 1. The highest BCUT2D eigenvalue weighted by Crippen LogP contribution is 2.18. The quantitative estimate of drug-likeness (QED) is 0.836. The number of halogens is 1. The molecule has 1 N–H and O–H groups in total. The van der Waals surface area contributed by atoms with Crippen LogP contribution in [0.4, 0.5) is 0 Å². The van der Waals surface area contributed by atoms with E-state index in [-0.39, 0.29) is 18.8 Å². The fourth-order valence-electron chi connectivity index (χ4n) is 2.15. The third kappa shape index (κ3) is 4.06. The molecular formula is C14H16ClNO4S. The molecule has 0 spiro atoms. The number of sulfonamides is 1. The van der Waals surface area contributed by atoms with Gasteiger partial charge in [0.1, 0.15) is 0 Å². The summed E-state index contributed by atoms with van der Waals surface area (Å²) in [6.45, 7) is 0.200. The van der Waals surface area contributed by atoms with Crippen molar-refractivity contribution in [1.82, 2.24) is 4.31 Å². The Labute approximate surface area is 128 Å². The first-order chi connectivity index (χ1) is 9.90. The number of aliphatic carboxylic acids is 1. The summed E-state index contributed by atoms with van der Waals surface area (Å²) in [5.41, 5.74) is 0.769. The van der Waals surface area contributed by atoms with E-state index in [2.05, 4.69) is 0 Å². The summed E-state index contributed by atoms with van der Waals surface area (Å²) in [4.78, 5) is 11.0. The molecule has 0 aromatic heterocycles. The van der Waals surface area contributed by atoms with Gasteiger partial charge in [0.05, 0.1) is 11.7 Å². The number of carboxylic acid groups (broad SMARTS) is 1. The summed E-state index contributed by atoms with van der Waals surface area (Å²) in [6.07, 6.45) is 3.41. The fraction of sp³-hybridized carbons (Fsp3) is 0.357. The van der Waals surface area contributed by atoms with Crippen molar-refractivity contribution >= 4 is 27.6 Å². The number of benzene rings is 1. The number of rotatable bonds is 5. The third-order valence-corrected chi connectivity index (χ3v) is 5.55. The van der Waals surface area contributed by atoms with Crippen LogP contribution < -0.4 is 0 Å².